The highest BCUT2D eigenvalue weighted by Gasteiger charge is 2.25. The highest BCUT2D eigenvalue weighted by molar-refractivity contribution is 8.01. The van der Waals surface area contributed by atoms with Gasteiger partial charge in [0.15, 0.2) is 4.34 Å². The third-order valence-electron chi connectivity index (χ3n) is 3.58. The molecule has 1 amide bonds. The number of anilines is 1. The van der Waals surface area contributed by atoms with E-state index < -0.39 is 10.2 Å². The van der Waals surface area contributed by atoms with Crippen LogP contribution in [0.1, 0.15) is 16.4 Å². The number of carbonyl (C=O) groups excluding carboxylic acids is 1. The molecular weight excluding hydrogens is 370 g/mol. The molecule has 1 N–H and O–H groups in total. The van der Waals surface area contributed by atoms with Crippen LogP contribution in [-0.2, 0) is 4.79 Å². The van der Waals surface area contributed by atoms with Gasteiger partial charge in [-0.05, 0) is 24.1 Å². The number of aromatic nitrogens is 1. The summed E-state index contributed by atoms with van der Waals surface area (Å²) in [4.78, 5) is 27.9. The minimum atomic E-state index is -0.566. The number of nitrogens with one attached hydrogen (secondary N) is 1. The zero-order valence-corrected chi connectivity index (χ0v) is 15.4. The van der Waals surface area contributed by atoms with Gasteiger partial charge in [0.2, 0.25) is 5.91 Å². The van der Waals surface area contributed by atoms with Crippen molar-refractivity contribution >= 4 is 40.4 Å². The summed E-state index contributed by atoms with van der Waals surface area (Å²) in [6, 6.07) is 14.0. The summed E-state index contributed by atoms with van der Waals surface area (Å²) in [6.45, 7) is 1.77. The third-order valence-corrected chi connectivity index (χ3v) is 5.75. The van der Waals surface area contributed by atoms with Crippen LogP contribution in [0.25, 0.3) is 0 Å². The molecule has 8 heteroatoms. The van der Waals surface area contributed by atoms with E-state index in [1.54, 1.807) is 25.3 Å². The van der Waals surface area contributed by atoms with Gasteiger partial charge in [-0.25, -0.2) is 4.98 Å². The van der Waals surface area contributed by atoms with Crippen molar-refractivity contribution in [2.24, 2.45) is 0 Å². The van der Waals surface area contributed by atoms with Gasteiger partial charge in [0.1, 0.15) is 10.9 Å². The molecule has 0 spiro atoms. The zero-order chi connectivity index (χ0) is 18.5. The fourth-order valence-corrected chi connectivity index (χ4v) is 4.19. The second kappa shape index (κ2) is 8.11. The maximum absolute atomic E-state index is 12.9. The molecule has 0 bridgehead atoms. The Morgan fingerprint density at radius 2 is 2.04 bits per heavy atom. The van der Waals surface area contributed by atoms with Gasteiger partial charge in [-0.15, -0.1) is 11.3 Å². The maximum atomic E-state index is 12.9. The molecule has 0 saturated carbocycles. The summed E-state index contributed by atoms with van der Waals surface area (Å²) >= 11 is 2.76. The summed E-state index contributed by atoms with van der Waals surface area (Å²) in [5, 5.41) is 15.3. The van der Waals surface area contributed by atoms with E-state index in [-0.39, 0.29) is 17.3 Å². The van der Waals surface area contributed by atoms with E-state index in [0.717, 1.165) is 15.5 Å². The number of aryl methyl sites for hydroxylation is 1. The van der Waals surface area contributed by atoms with Crippen molar-refractivity contribution in [1.82, 2.24) is 4.98 Å². The van der Waals surface area contributed by atoms with Crippen molar-refractivity contribution in [3.8, 4) is 0 Å². The van der Waals surface area contributed by atoms with Crippen LogP contribution in [-0.4, -0.2) is 15.8 Å². The van der Waals surface area contributed by atoms with Crippen molar-refractivity contribution in [1.29, 1.82) is 0 Å². The minimum absolute atomic E-state index is 0.121. The minimum Gasteiger partial charge on any atom is -0.319 e. The average molecular weight is 385 g/mol. The Hall–Kier alpha value is -2.71. The fourth-order valence-electron chi connectivity index (χ4n) is 2.37. The van der Waals surface area contributed by atoms with Crippen molar-refractivity contribution in [3.05, 3.63) is 81.3 Å². The van der Waals surface area contributed by atoms with Gasteiger partial charge in [-0.1, -0.05) is 48.2 Å². The molecule has 132 valence electrons. The number of thiazole rings is 1. The topological polar surface area (TPSA) is 85.1 Å². The molecule has 0 fully saturated rings. The second-order valence-corrected chi connectivity index (χ2v) is 7.72. The third kappa shape index (κ3) is 4.27. The van der Waals surface area contributed by atoms with Crippen LogP contribution in [0, 0.1) is 17.0 Å². The Balaban J connectivity index is 1.90. The van der Waals surface area contributed by atoms with Crippen LogP contribution in [0.15, 0.2) is 64.4 Å². The van der Waals surface area contributed by atoms with Gasteiger partial charge < -0.3 is 5.32 Å². The van der Waals surface area contributed by atoms with Gasteiger partial charge in [0.25, 0.3) is 5.69 Å². The standard InChI is InChI=1S/C18H15N3O3S2/c1-12-7-8-14(15(11-12)21(23)24)20-17(22)16(13-5-3-2-4-6-13)26-18-19-9-10-25-18/h2-11,16H,1H3,(H,20,22). The van der Waals surface area contributed by atoms with E-state index in [9.17, 15) is 14.9 Å². The van der Waals surface area contributed by atoms with E-state index in [1.807, 2.05) is 35.7 Å². The Morgan fingerprint density at radius 3 is 2.69 bits per heavy atom. The number of nitrogens with zero attached hydrogens (tertiary/aromatic N) is 2. The summed E-state index contributed by atoms with van der Waals surface area (Å²) < 4.78 is 0.757. The number of thioether (sulfide) groups is 1. The monoisotopic (exact) mass is 385 g/mol. The molecule has 0 saturated heterocycles. The van der Waals surface area contributed by atoms with Crippen LogP contribution in [0.2, 0.25) is 0 Å². The van der Waals surface area contributed by atoms with Crippen molar-refractivity contribution in [3.63, 3.8) is 0 Å². The van der Waals surface area contributed by atoms with Crippen LogP contribution in [0.4, 0.5) is 11.4 Å². The normalized spacial score (nSPS) is 11.7. The Morgan fingerprint density at radius 1 is 1.27 bits per heavy atom. The Bertz CT molecular complexity index is 915. The Labute approximate surface area is 158 Å². The summed E-state index contributed by atoms with van der Waals surface area (Å²) in [7, 11) is 0. The number of rotatable bonds is 6. The molecular formula is C18H15N3O3S2. The second-order valence-electron chi connectivity index (χ2n) is 5.47. The molecule has 0 aliphatic rings. The molecule has 3 aromatic rings. The first kappa shape index (κ1) is 18.1. The SMILES string of the molecule is Cc1ccc(NC(=O)C(Sc2nccs2)c2ccccc2)c([N+](=O)[O-])c1. The molecule has 1 aromatic heterocycles. The van der Waals surface area contributed by atoms with E-state index in [0.29, 0.717) is 0 Å². The smallest absolute Gasteiger partial charge is 0.293 e. The average Bonchev–Trinajstić information content (AvgIpc) is 3.15. The number of benzene rings is 2. The number of hydrogen-bond acceptors (Lipinski definition) is 6. The van der Waals surface area contributed by atoms with Crippen molar-refractivity contribution in [2.75, 3.05) is 5.32 Å². The Kier molecular flexibility index (Phi) is 5.65. The molecule has 2 aromatic carbocycles. The highest BCUT2D eigenvalue weighted by atomic mass is 32.2. The lowest BCUT2D eigenvalue weighted by atomic mass is 10.1. The highest BCUT2D eigenvalue weighted by Crippen LogP contribution is 2.38. The molecule has 1 atom stereocenters. The van der Waals surface area contributed by atoms with Crippen LogP contribution in [0.5, 0.6) is 0 Å². The van der Waals surface area contributed by atoms with Gasteiger partial charge in [0, 0.05) is 17.6 Å². The number of carbonyl (C=O) groups is 1. The first-order valence-corrected chi connectivity index (χ1v) is 9.47. The first-order chi connectivity index (χ1) is 12.5. The number of hydrogen-bond donors (Lipinski definition) is 1. The van der Waals surface area contributed by atoms with Gasteiger partial charge in [0.05, 0.1) is 4.92 Å². The van der Waals surface area contributed by atoms with E-state index in [4.69, 9.17) is 0 Å². The fraction of sp³-hybridized carbons (Fsp3) is 0.111. The largest absolute Gasteiger partial charge is 0.319 e. The first-order valence-electron chi connectivity index (χ1n) is 7.71. The van der Waals surface area contributed by atoms with E-state index in [2.05, 4.69) is 10.3 Å². The van der Waals surface area contributed by atoms with Crippen LogP contribution < -0.4 is 5.32 Å². The summed E-state index contributed by atoms with van der Waals surface area (Å²) in [5.41, 5.74) is 1.63. The van der Waals surface area contributed by atoms with Gasteiger partial charge in [-0.3, -0.25) is 14.9 Å². The van der Waals surface area contributed by atoms with E-state index >= 15 is 0 Å². The lowest BCUT2D eigenvalue weighted by Gasteiger charge is -2.16. The van der Waals surface area contributed by atoms with Crippen molar-refractivity contribution in [2.45, 2.75) is 16.5 Å². The predicted octanol–water partition coefficient (Wildman–Crippen LogP) is 4.83. The van der Waals surface area contributed by atoms with Crippen LogP contribution >= 0.6 is 23.1 Å². The molecule has 1 heterocycles. The van der Waals surface area contributed by atoms with Crippen molar-refractivity contribution < 1.29 is 9.72 Å². The quantitative estimate of drug-likeness (QED) is 0.373. The zero-order valence-electron chi connectivity index (χ0n) is 13.8. The summed E-state index contributed by atoms with van der Waals surface area (Å²) in [5.74, 6) is -0.330. The van der Waals surface area contributed by atoms with Gasteiger partial charge >= 0.3 is 0 Å². The number of nitro groups is 1. The molecule has 26 heavy (non-hydrogen) atoms. The number of nitro benzene ring substituents is 1. The lowest BCUT2D eigenvalue weighted by Crippen LogP contribution is -2.19. The predicted molar refractivity (Wildman–Crippen MR) is 104 cm³/mol. The maximum Gasteiger partial charge on any atom is 0.293 e. The molecule has 0 aliphatic carbocycles. The lowest BCUT2D eigenvalue weighted by molar-refractivity contribution is -0.384. The van der Waals surface area contributed by atoms with E-state index in [1.165, 1.54) is 29.2 Å². The number of amides is 1. The van der Waals surface area contributed by atoms with Crippen LogP contribution in [0.3, 0.4) is 0 Å². The molecule has 0 radical (unpaired) electrons. The van der Waals surface area contributed by atoms with Gasteiger partial charge in [-0.2, -0.15) is 0 Å². The summed E-state index contributed by atoms with van der Waals surface area (Å²) in [6.07, 6.45) is 1.68. The molecule has 0 aliphatic heterocycles. The molecule has 3 rings (SSSR count). The molecule has 1 unspecified atom stereocenters. The molecule has 6 nitrogen and oxygen atoms in total.